The van der Waals surface area contributed by atoms with Crippen LogP contribution in [0, 0.1) is 5.92 Å². The first-order valence-electron chi connectivity index (χ1n) is 17.5. The molecule has 0 aliphatic carbocycles. The zero-order valence-corrected chi connectivity index (χ0v) is 29.8. The summed E-state index contributed by atoms with van der Waals surface area (Å²) in [6, 6.07) is 10.0. The van der Waals surface area contributed by atoms with Gasteiger partial charge < -0.3 is 57.0 Å². The van der Waals surface area contributed by atoms with Gasteiger partial charge in [0, 0.05) is 11.9 Å². The lowest BCUT2D eigenvalue weighted by Crippen LogP contribution is -2.53. The summed E-state index contributed by atoms with van der Waals surface area (Å²) < 4.78 is 12.4. The zero-order valence-electron chi connectivity index (χ0n) is 29.8. The first kappa shape index (κ1) is 39.0. The molecule has 3 amide bonds. The van der Waals surface area contributed by atoms with E-state index in [4.69, 9.17) is 30.7 Å². The number of aromatic nitrogens is 1. The van der Waals surface area contributed by atoms with E-state index in [0.717, 1.165) is 31.3 Å². The monoisotopic (exact) mass is 747 g/mol. The number of nitrogens with one attached hydrogen (secondary N) is 4. The number of hydrogen-bond donors (Lipinski definition) is 8. The summed E-state index contributed by atoms with van der Waals surface area (Å²) in [5.74, 6) is -4.22. The molecule has 288 valence electrons. The van der Waals surface area contributed by atoms with Crippen molar-refractivity contribution in [1.29, 1.82) is 0 Å². The molecule has 0 spiro atoms. The van der Waals surface area contributed by atoms with Gasteiger partial charge in [0.2, 0.25) is 17.7 Å². The maximum atomic E-state index is 13.0. The predicted octanol–water partition coefficient (Wildman–Crippen LogP) is 0.965. The standard InChI is InChI=1S/C36H45N9O9/c1-45-13-10-20(11-14-45)19-53-21-8-9-27-23(15-21)32-33(54-27)31(22-5-2-3-6-24(22)43-32)41-17-28(46)40-18-29(47)42-25(7-4-12-39-36(37)38)34(50)44-26(35(51)52)16-30(48)49/h2-3,5-6,8-9,15,20,25-26H,4,7,10-14,16-19H2,1H3,(H,40,46)(H,41,43)(H,42,47)(H,44,50)(H,48,49)(H,51,52)(H4,37,38,39). The number of para-hydroxylation sites is 1. The molecule has 5 rings (SSSR count). The number of fused-ring (bicyclic) bond motifs is 4. The number of piperidine rings is 1. The molecule has 2 atom stereocenters. The summed E-state index contributed by atoms with van der Waals surface area (Å²) in [7, 11) is 2.12. The first-order chi connectivity index (χ1) is 25.9. The highest BCUT2D eigenvalue weighted by molar-refractivity contribution is 6.14. The van der Waals surface area contributed by atoms with Crippen LogP contribution in [0.15, 0.2) is 51.9 Å². The van der Waals surface area contributed by atoms with Crippen LogP contribution in [0.4, 0.5) is 5.69 Å². The van der Waals surface area contributed by atoms with Crippen molar-refractivity contribution in [3.8, 4) is 5.75 Å². The Morgan fingerprint density at radius 1 is 1.00 bits per heavy atom. The number of aliphatic carboxylic acids is 2. The number of benzene rings is 2. The number of furan rings is 1. The number of carbonyl (C=O) groups is 5. The number of nitrogens with zero attached hydrogens (tertiary/aromatic N) is 3. The van der Waals surface area contributed by atoms with Crippen molar-refractivity contribution in [3.63, 3.8) is 0 Å². The number of pyridine rings is 1. The lowest BCUT2D eigenvalue weighted by atomic mass is 9.98. The van der Waals surface area contributed by atoms with Crippen LogP contribution in [0.5, 0.6) is 5.75 Å². The molecule has 1 aliphatic heterocycles. The number of hydrogen-bond acceptors (Lipinski definition) is 11. The third-order valence-electron chi connectivity index (χ3n) is 9.05. The molecule has 3 heterocycles. The van der Waals surface area contributed by atoms with Gasteiger partial charge in [0.05, 0.1) is 42.7 Å². The first-order valence-corrected chi connectivity index (χ1v) is 17.5. The number of carboxylic acid groups (broad SMARTS) is 2. The molecule has 54 heavy (non-hydrogen) atoms. The van der Waals surface area contributed by atoms with Gasteiger partial charge in [0.25, 0.3) is 0 Å². The molecule has 18 heteroatoms. The van der Waals surface area contributed by atoms with Gasteiger partial charge in [-0.1, -0.05) is 18.2 Å². The van der Waals surface area contributed by atoms with Crippen LogP contribution in [0.25, 0.3) is 33.0 Å². The Morgan fingerprint density at radius 2 is 1.76 bits per heavy atom. The summed E-state index contributed by atoms with van der Waals surface area (Å²) >= 11 is 0. The highest BCUT2D eigenvalue weighted by Gasteiger charge is 2.28. The average Bonchev–Trinajstić information content (AvgIpc) is 3.50. The third kappa shape index (κ3) is 10.5. The molecule has 1 saturated heterocycles. The van der Waals surface area contributed by atoms with E-state index in [1.807, 2.05) is 42.5 Å². The molecule has 1 fully saturated rings. The van der Waals surface area contributed by atoms with E-state index in [9.17, 15) is 29.1 Å². The van der Waals surface area contributed by atoms with Crippen molar-refractivity contribution >= 4 is 74.3 Å². The second kappa shape index (κ2) is 18.0. The summed E-state index contributed by atoms with van der Waals surface area (Å²) in [6.07, 6.45) is 1.49. The van der Waals surface area contributed by atoms with Crippen molar-refractivity contribution in [2.24, 2.45) is 22.4 Å². The van der Waals surface area contributed by atoms with Crippen molar-refractivity contribution in [3.05, 3.63) is 42.5 Å². The third-order valence-corrected chi connectivity index (χ3v) is 9.05. The second-order valence-corrected chi connectivity index (χ2v) is 13.2. The second-order valence-electron chi connectivity index (χ2n) is 13.2. The van der Waals surface area contributed by atoms with E-state index in [-0.39, 0.29) is 31.9 Å². The Kier molecular flexibility index (Phi) is 13.0. The molecule has 0 radical (unpaired) electrons. The molecule has 0 saturated carbocycles. The minimum absolute atomic E-state index is 0.0160. The SMILES string of the molecule is CN1CCC(COc2ccc3oc4c(NCC(=O)NCC(=O)NC(CCCN=C(N)N)C(=O)NC(CC(=O)O)C(=O)O)c5ccccc5nc4c3c2)CC1. The zero-order chi connectivity index (χ0) is 38.8. The van der Waals surface area contributed by atoms with Crippen molar-refractivity contribution in [2.75, 3.05) is 51.7 Å². The van der Waals surface area contributed by atoms with Crippen molar-refractivity contribution in [2.45, 2.75) is 44.2 Å². The van der Waals surface area contributed by atoms with Crippen LogP contribution in [0.2, 0.25) is 0 Å². The smallest absolute Gasteiger partial charge is 0.326 e. The van der Waals surface area contributed by atoms with Crippen LogP contribution in [-0.2, 0) is 24.0 Å². The molecule has 2 aromatic carbocycles. The minimum atomic E-state index is -1.73. The van der Waals surface area contributed by atoms with E-state index < -0.39 is 54.7 Å². The van der Waals surface area contributed by atoms with Gasteiger partial charge in [-0.3, -0.25) is 24.2 Å². The summed E-state index contributed by atoms with van der Waals surface area (Å²) in [5.41, 5.74) is 13.5. The fourth-order valence-corrected chi connectivity index (χ4v) is 6.15. The Morgan fingerprint density at radius 3 is 2.48 bits per heavy atom. The molecular formula is C36H45N9O9. The minimum Gasteiger partial charge on any atom is -0.493 e. The highest BCUT2D eigenvalue weighted by atomic mass is 16.5. The molecule has 18 nitrogen and oxygen atoms in total. The largest absolute Gasteiger partial charge is 0.493 e. The Bertz CT molecular complexity index is 2040. The lowest BCUT2D eigenvalue weighted by Gasteiger charge is -2.28. The summed E-state index contributed by atoms with van der Waals surface area (Å²) in [5, 5.41) is 30.1. The van der Waals surface area contributed by atoms with Crippen LogP contribution < -0.4 is 37.5 Å². The van der Waals surface area contributed by atoms with E-state index in [2.05, 4.69) is 38.2 Å². The normalized spacial score (nSPS) is 14.6. The van der Waals surface area contributed by atoms with Gasteiger partial charge in [0.1, 0.15) is 28.9 Å². The van der Waals surface area contributed by atoms with Crippen LogP contribution in [0.1, 0.15) is 32.1 Å². The van der Waals surface area contributed by atoms with Crippen LogP contribution in [0.3, 0.4) is 0 Å². The molecule has 1 aliphatic rings. The van der Waals surface area contributed by atoms with Gasteiger partial charge >= 0.3 is 11.9 Å². The van der Waals surface area contributed by atoms with Crippen LogP contribution in [-0.4, -0.2) is 114 Å². The number of amides is 3. The fourth-order valence-electron chi connectivity index (χ4n) is 6.15. The molecule has 0 bridgehead atoms. The Hall–Kier alpha value is -6.17. The van der Waals surface area contributed by atoms with Crippen molar-refractivity contribution in [1.82, 2.24) is 25.8 Å². The van der Waals surface area contributed by atoms with Gasteiger partial charge in [-0.05, 0) is 76.0 Å². The number of rotatable bonds is 18. The summed E-state index contributed by atoms with van der Waals surface area (Å²) in [4.78, 5) is 72.4. The van der Waals surface area contributed by atoms with Gasteiger partial charge in [-0.25, -0.2) is 9.78 Å². The lowest BCUT2D eigenvalue weighted by molar-refractivity contribution is -0.147. The molecule has 10 N–H and O–H groups in total. The number of carboxylic acids is 2. The quantitative estimate of drug-likeness (QED) is 0.0400. The van der Waals surface area contributed by atoms with Gasteiger partial charge in [-0.2, -0.15) is 0 Å². The number of anilines is 1. The van der Waals surface area contributed by atoms with E-state index in [1.165, 1.54) is 0 Å². The molecule has 4 aromatic rings. The Balaban J connectivity index is 1.24. The maximum Gasteiger partial charge on any atom is 0.326 e. The number of likely N-dealkylation sites (tertiary alicyclic amines) is 1. The average molecular weight is 748 g/mol. The van der Waals surface area contributed by atoms with Crippen LogP contribution >= 0.6 is 0 Å². The highest BCUT2D eigenvalue weighted by Crippen LogP contribution is 2.38. The topological polar surface area (TPSA) is 277 Å². The van der Waals surface area contributed by atoms with E-state index >= 15 is 0 Å². The molecule has 2 unspecified atom stereocenters. The Labute approximate surface area is 309 Å². The predicted molar refractivity (Wildman–Crippen MR) is 200 cm³/mol. The maximum absolute atomic E-state index is 13.0. The van der Waals surface area contributed by atoms with E-state index in [0.29, 0.717) is 51.5 Å². The number of carbonyl (C=O) groups excluding carboxylic acids is 3. The molecule has 2 aromatic heterocycles. The number of aliphatic imine (C=N–C) groups is 1. The van der Waals surface area contributed by atoms with Crippen molar-refractivity contribution < 1.29 is 43.3 Å². The fraction of sp³-hybridized carbons (Fsp3) is 0.417. The number of nitrogens with two attached hydrogens (primary N) is 2. The number of guanidine groups is 1. The van der Waals surface area contributed by atoms with Gasteiger partial charge in [-0.15, -0.1) is 0 Å². The summed E-state index contributed by atoms with van der Waals surface area (Å²) in [6.45, 7) is 2.05. The number of ether oxygens (including phenoxy) is 1. The molecular weight excluding hydrogens is 702 g/mol. The van der Waals surface area contributed by atoms with E-state index in [1.54, 1.807) is 0 Å². The van der Waals surface area contributed by atoms with Gasteiger partial charge in [0.15, 0.2) is 11.5 Å².